The Bertz CT molecular complexity index is 2410. The van der Waals surface area contributed by atoms with E-state index in [1.54, 1.807) is 0 Å². The second-order valence-corrected chi connectivity index (χ2v) is 13.4. The minimum atomic E-state index is -5.19. The summed E-state index contributed by atoms with van der Waals surface area (Å²) in [5.41, 5.74) is 24.7. The molecule has 4 aromatic rings. The molecule has 1 aliphatic heterocycles. The van der Waals surface area contributed by atoms with Gasteiger partial charge in [0.1, 0.15) is 10.5 Å². The van der Waals surface area contributed by atoms with Gasteiger partial charge in [0.05, 0.1) is 27.5 Å². The monoisotopic (exact) mass is 680 g/mol. The van der Waals surface area contributed by atoms with Crippen LogP contribution in [0.5, 0.6) is 0 Å². The van der Waals surface area contributed by atoms with Crippen LogP contribution < -0.4 is 32.4 Å². The molecule has 47 heavy (non-hydrogen) atoms. The molecule has 4 amide bonds. The van der Waals surface area contributed by atoms with Crippen LogP contribution in [0.2, 0.25) is 0 Å². The van der Waals surface area contributed by atoms with Gasteiger partial charge in [-0.1, -0.05) is 12.1 Å². The van der Waals surface area contributed by atoms with E-state index in [-0.39, 0.29) is 27.8 Å². The third-order valence-electron chi connectivity index (χ3n) is 7.13. The lowest BCUT2D eigenvalue weighted by Crippen LogP contribution is -2.30. The zero-order chi connectivity index (χ0) is 34.7. The predicted octanol–water partition coefficient (Wildman–Crippen LogP) is 0.987. The number of nitrogens with zero attached hydrogens (tertiary/aromatic N) is 1. The SMILES string of the molecule is N=Nc1ccc2c(c1)S(=O)(=O)NS(=O)(=O)c1c-2ccc(Nc2cc(C(N)=O)c3c(C(N)=O)ccc(C(N)=O)c3c2C(N)=O)c1C(=O)O. The summed E-state index contributed by atoms with van der Waals surface area (Å²) in [6.07, 6.45) is 0. The fourth-order valence-corrected chi connectivity index (χ4v) is 8.84. The highest BCUT2D eigenvalue weighted by molar-refractivity contribution is 8.05. The number of rotatable bonds is 8. The topological polar surface area (TPSA) is 338 Å². The summed E-state index contributed by atoms with van der Waals surface area (Å²) >= 11 is 0. The third kappa shape index (κ3) is 5.16. The van der Waals surface area contributed by atoms with Crippen molar-refractivity contribution in [2.45, 2.75) is 9.79 Å². The number of carboxylic acids is 1. The van der Waals surface area contributed by atoms with Crippen molar-refractivity contribution in [3.8, 4) is 11.1 Å². The van der Waals surface area contributed by atoms with Crippen LogP contribution in [0.1, 0.15) is 51.8 Å². The Labute approximate surface area is 263 Å². The van der Waals surface area contributed by atoms with E-state index >= 15 is 0 Å². The maximum absolute atomic E-state index is 13.5. The number of benzene rings is 4. The van der Waals surface area contributed by atoms with E-state index in [2.05, 4.69) is 10.4 Å². The first kappa shape index (κ1) is 32.2. The van der Waals surface area contributed by atoms with Crippen LogP contribution in [0.25, 0.3) is 21.9 Å². The van der Waals surface area contributed by atoms with Gasteiger partial charge < -0.3 is 33.4 Å². The molecule has 4 aromatic carbocycles. The predicted molar refractivity (Wildman–Crippen MR) is 162 cm³/mol. The summed E-state index contributed by atoms with van der Waals surface area (Å²) in [5, 5.41) is 15.2. The standard InChI is InChI=1S/C27H20N8O10S2/c28-23(36)12-3-4-13(24(29)37)19-18(12)14(25(30)38)8-16(20(19)26(31)39)33-15-6-5-11-10-2-1-9(34-32)7-17(10)46(42,43)35-47(44,45)22(11)21(15)27(40)41/h1-8,32-33,35H,(H2,28,36)(H2,29,37)(H2,30,38)(H2,31,39)(H,40,41). The number of sulfonamides is 2. The lowest BCUT2D eigenvalue weighted by atomic mass is 9.89. The summed E-state index contributed by atoms with van der Waals surface area (Å²) in [5.74, 6) is -6.62. The number of anilines is 2. The van der Waals surface area contributed by atoms with Gasteiger partial charge in [0.25, 0.3) is 26.0 Å². The first-order valence-corrected chi connectivity index (χ1v) is 15.7. The molecule has 0 atom stereocenters. The zero-order valence-electron chi connectivity index (χ0n) is 23.3. The van der Waals surface area contributed by atoms with Crippen LogP contribution in [0, 0.1) is 5.53 Å². The van der Waals surface area contributed by atoms with Crippen molar-refractivity contribution in [1.29, 1.82) is 5.53 Å². The maximum atomic E-state index is 13.5. The summed E-state index contributed by atoms with van der Waals surface area (Å²) in [7, 11) is -10.1. The van der Waals surface area contributed by atoms with Gasteiger partial charge in [0.2, 0.25) is 17.7 Å². The molecule has 18 nitrogen and oxygen atoms in total. The molecular formula is C27H20N8O10S2. The normalized spacial score (nSPS) is 14.2. The summed E-state index contributed by atoms with van der Waals surface area (Å²) in [6.45, 7) is 0. The molecule has 0 saturated heterocycles. The Kier molecular flexibility index (Phi) is 7.51. The highest BCUT2D eigenvalue weighted by Crippen LogP contribution is 2.43. The molecule has 240 valence electrons. The number of carbonyl (C=O) groups excluding carboxylic acids is 4. The van der Waals surface area contributed by atoms with Crippen LogP contribution in [-0.4, -0.2) is 51.5 Å². The average Bonchev–Trinajstić information content (AvgIpc) is 3.04. The Morgan fingerprint density at radius 1 is 0.681 bits per heavy atom. The summed E-state index contributed by atoms with van der Waals surface area (Å²) < 4.78 is 54.7. The first-order chi connectivity index (χ1) is 21.9. The van der Waals surface area contributed by atoms with Crippen molar-refractivity contribution in [3.05, 3.63) is 76.3 Å². The fourth-order valence-electron chi connectivity index (χ4n) is 5.32. The molecular weight excluding hydrogens is 660 g/mol. The van der Waals surface area contributed by atoms with Gasteiger partial charge in [-0.25, -0.2) is 27.2 Å². The number of hydrogen-bond donors (Lipinski definition) is 8. The molecule has 0 bridgehead atoms. The van der Waals surface area contributed by atoms with Gasteiger partial charge in [-0.05, 0) is 36.4 Å². The van der Waals surface area contributed by atoms with Gasteiger partial charge in [-0.15, -0.1) is 4.13 Å². The highest BCUT2D eigenvalue weighted by Gasteiger charge is 2.39. The number of carboxylic acid groups (broad SMARTS) is 1. The molecule has 20 heteroatoms. The van der Waals surface area contributed by atoms with Gasteiger partial charge >= 0.3 is 5.97 Å². The molecule has 0 fully saturated rings. The second kappa shape index (κ2) is 11.0. The Balaban J connectivity index is 1.91. The van der Waals surface area contributed by atoms with E-state index in [0.717, 1.165) is 42.5 Å². The Morgan fingerprint density at radius 2 is 1.26 bits per heavy atom. The van der Waals surface area contributed by atoms with E-state index in [1.165, 1.54) is 10.2 Å². The average molecular weight is 681 g/mol. The molecule has 0 radical (unpaired) electrons. The van der Waals surface area contributed by atoms with Gasteiger partial charge in [-0.3, -0.25) is 19.2 Å². The molecule has 0 unspecified atom stereocenters. The molecule has 5 rings (SSSR count). The van der Waals surface area contributed by atoms with Gasteiger partial charge in [-0.2, -0.15) is 5.11 Å². The number of amides is 4. The minimum Gasteiger partial charge on any atom is -0.478 e. The number of nitrogens with two attached hydrogens (primary N) is 4. The minimum absolute atomic E-state index is 0.151. The molecule has 1 heterocycles. The van der Waals surface area contributed by atoms with E-state index < -0.39 is 98.5 Å². The lowest BCUT2D eigenvalue weighted by molar-refractivity contribution is 0.0692. The molecule has 0 aliphatic carbocycles. The zero-order valence-corrected chi connectivity index (χ0v) is 24.9. The lowest BCUT2D eigenvalue weighted by Gasteiger charge is -2.20. The Morgan fingerprint density at radius 3 is 1.79 bits per heavy atom. The highest BCUT2D eigenvalue weighted by atomic mass is 32.3. The fraction of sp³-hybridized carbons (Fsp3) is 0. The van der Waals surface area contributed by atoms with E-state index in [4.69, 9.17) is 28.5 Å². The maximum Gasteiger partial charge on any atom is 0.339 e. The van der Waals surface area contributed by atoms with Gasteiger partial charge in [0, 0.05) is 38.6 Å². The number of hydrogen-bond acceptors (Lipinski definition) is 12. The van der Waals surface area contributed by atoms with Crippen molar-refractivity contribution < 1.29 is 45.9 Å². The second-order valence-electron chi connectivity index (χ2n) is 9.89. The van der Waals surface area contributed by atoms with E-state index in [9.17, 15) is 45.9 Å². The summed E-state index contributed by atoms with van der Waals surface area (Å²) in [6, 6.07) is 8.36. The van der Waals surface area contributed by atoms with Crippen LogP contribution in [0.15, 0.2) is 63.4 Å². The first-order valence-electron chi connectivity index (χ1n) is 12.7. The van der Waals surface area contributed by atoms with Crippen LogP contribution in [0.3, 0.4) is 0 Å². The quantitative estimate of drug-likeness (QED) is 0.121. The molecule has 0 spiro atoms. The molecule has 0 saturated carbocycles. The molecule has 12 N–H and O–H groups in total. The van der Waals surface area contributed by atoms with Crippen molar-refractivity contribution in [3.63, 3.8) is 0 Å². The van der Waals surface area contributed by atoms with E-state index in [0.29, 0.717) is 0 Å². The van der Waals surface area contributed by atoms with Crippen LogP contribution >= 0.6 is 0 Å². The number of carbonyl (C=O) groups is 5. The van der Waals surface area contributed by atoms with Crippen molar-refractivity contribution in [2.75, 3.05) is 5.32 Å². The van der Waals surface area contributed by atoms with Crippen molar-refractivity contribution in [2.24, 2.45) is 28.0 Å². The van der Waals surface area contributed by atoms with Crippen molar-refractivity contribution >= 4 is 77.5 Å². The molecule has 0 aromatic heterocycles. The largest absolute Gasteiger partial charge is 0.478 e. The van der Waals surface area contributed by atoms with Crippen LogP contribution in [0.4, 0.5) is 17.1 Å². The smallest absolute Gasteiger partial charge is 0.339 e. The number of primary amides is 4. The number of nitrogens with one attached hydrogen (secondary N) is 3. The number of fused-ring (bicyclic) bond motifs is 4. The van der Waals surface area contributed by atoms with Gasteiger partial charge in [0.15, 0.2) is 0 Å². The number of aromatic carboxylic acids is 1. The Hall–Kier alpha value is -6.25. The molecule has 1 aliphatic rings. The van der Waals surface area contributed by atoms with Crippen LogP contribution in [-0.2, 0) is 20.0 Å². The third-order valence-corrected chi connectivity index (χ3v) is 10.8. The van der Waals surface area contributed by atoms with E-state index in [1.807, 2.05) is 0 Å². The summed E-state index contributed by atoms with van der Waals surface area (Å²) in [4.78, 5) is 61.3. The van der Waals surface area contributed by atoms with Crippen molar-refractivity contribution in [1.82, 2.24) is 4.13 Å².